The van der Waals surface area contributed by atoms with E-state index in [0.29, 0.717) is 13.0 Å². The van der Waals surface area contributed by atoms with Crippen LogP contribution in [0.3, 0.4) is 0 Å². The van der Waals surface area contributed by atoms with Crippen LogP contribution in [0.1, 0.15) is 12.8 Å². The topological polar surface area (TPSA) is 3.24 Å². The van der Waals surface area contributed by atoms with E-state index >= 15 is 0 Å². The highest BCUT2D eigenvalue weighted by atomic mass is 19.1. The van der Waals surface area contributed by atoms with Crippen LogP contribution in [0, 0.1) is 0 Å². The van der Waals surface area contributed by atoms with E-state index in [1.54, 1.807) is 11.0 Å². The van der Waals surface area contributed by atoms with Crippen molar-refractivity contribution in [2.45, 2.75) is 19.1 Å². The molecular weight excluding hydrogens is 117 g/mol. The molecule has 2 heteroatoms. The van der Waals surface area contributed by atoms with Gasteiger partial charge >= 0.3 is 0 Å². The second-order valence-corrected chi connectivity index (χ2v) is 2.36. The lowest BCUT2D eigenvalue weighted by atomic mass is 10.4. The molecule has 0 saturated carbocycles. The Morgan fingerprint density at radius 1 is 1.78 bits per heavy atom. The van der Waals surface area contributed by atoms with Gasteiger partial charge in [0.15, 0.2) is 6.30 Å². The second kappa shape index (κ2) is 2.97. The average Bonchev–Trinajstić information content (AvgIpc) is 2.18. The van der Waals surface area contributed by atoms with E-state index in [-0.39, 0.29) is 0 Å². The molecular formula is C7H12FN. The standard InChI is InChI=1S/C7H12FN/c1-2-5-9-6-3-4-7(9)8/h2,7H,1,3-6H2. The average molecular weight is 129 g/mol. The summed E-state index contributed by atoms with van der Waals surface area (Å²) in [5.74, 6) is 0. The van der Waals surface area contributed by atoms with Gasteiger partial charge in [-0.15, -0.1) is 6.58 Å². The molecule has 1 atom stereocenters. The summed E-state index contributed by atoms with van der Waals surface area (Å²) in [6.07, 6.45) is 2.74. The van der Waals surface area contributed by atoms with Gasteiger partial charge < -0.3 is 0 Å². The van der Waals surface area contributed by atoms with Crippen LogP contribution in [0.15, 0.2) is 12.7 Å². The minimum atomic E-state index is -0.706. The van der Waals surface area contributed by atoms with E-state index in [1.807, 2.05) is 0 Å². The molecule has 0 bridgehead atoms. The third-order valence-electron chi connectivity index (χ3n) is 1.65. The fourth-order valence-corrected chi connectivity index (χ4v) is 1.16. The predicted octanol–water partition coefficient (Wildman–Crippen LogP) is 1.56. The van der Waals surface area contributed by atoms with E-state index in [9.17, 15) is 4.39 Å². The summed E-state index contributed by atoms with van der Waals surface area (Å²) in [6, 6.07) is 0. The Bertz CT molecular complexity index is 103. The van der Waals surface area contributed by atoms with Gasteiger partial charge in [0.05, 0.1) is 0 Å². The summed E-state index contributed by atoms with van der Waals surface area (Å²) >= 11 is 0. The van der Waals surface area contributed by atoms with Gasteiger partial charge in [0.1, 0.15) is 0 Å². The molecule has 1 fully saturated rings. The van der Waals surface area contributed by atoms with Gasteiger partial charge in [-0.2, -0.15) is 0 Å². The molecule has 1 rings (SSSR count). The monoisotopic (exact) mass is 129 g/mol. The summed E-state index contributed by atoms with van der Waals surface area (Å²) < 4.78 is 12.7. The third-order valence-corrected chi connectivity index (χ3v) is 1.65. The zero-order valence-electron chi connectivity index (χ0n) is 5.52. The Hall–Kier alpha value is -0.370. The van der Waals surface area contributed by atoms with Gasteiger partial charge in [0, 0.05) is 13.1 Å². The zero-order valence-corrected chi connectivity index (χ0v) is 5.52. The van der Waals surface area contributed by atoms with Crippen molar-refractivity contribution in [3.05, 3.63) is 12.7 Å². The number of hydrogen-bond acceptors (Lipinski definition) is 1. The normalized spacial score (nSPS) is 28.8. The highest BCUT2D eigenvalue weighted by Gasteiger charge is 2.21. The van der Waals surface area contributed by atoms with Crippen LogP contribution in [-0.4, -0.2) is 24.3 Å². The fraction of sp³-hybridized carbons (Fsp3) is 0.714. The van der Waals surface area contributed by atoms with Crippen LogP contribution in [0.25, 0.3) is 0 Å². The molecule has 0 aromatic heterocycles. The van der Waals surface area contributed by atoms with E-state index in [0.717, 1.165) is 13.0 Å². The molecule has 0 radical (unpaired) electrons. The maximum absolute atomic E-state index is 12.7. The number of alkyl halides is 1. The molecule has 1 unspecified atom stereocenters. The van der Waals surface area contributed by atoms with E-state index < -0.39 is 6.30 Å². The molecule has 52 valence electrons. The lowest BCUT2D eigenvalue weighted by molar-refractivity contribution is 0.141. The van der Waals surface area contributed by atoms with Crippen LogP contribution >= 0.6 is 0 Å². The smallest absolute Gasteiger partial charge is 0.153 e. The van der Waals surface area contributed by atoms with E-state index in [2.05, 4.69) is 6.58 Å². The molecule has 1 saturated heterocycles. The minimum absolute atomic E-state index is 0.696. The van der Waals surface area contributed by atoms with Crippen molar-refractivity contribution in [3.63, 3.8) is 0 Å². The summed E-state index contributed by atoms with van der Waals surface area (Å²) in [4.78, 5) is 1.80. The highest BCUT2D eigenvalue weighted by molar-refractivity contribution is 4.78. The number of rotatable bonds is 2. The van der Waals surface area contributed by atoms with Gasteiger partial charge in [0.2, 0.25) is 0 Å². The van der Waals surface area contributed by atoms with Crippen molar-refractivity contribution in [2.75, 3.05) is 13.1 Å². The SMILES string of the molecule is C=CCN1CCCC1F. The molecule has 0 N–H and O–H groups in total. The van der Waals surface area contributed by atoms with Crippen molar-refractivity contribution >= 4 is 0 Å². The van der Waals surface area contributed by atoms with Crippen LogP contribution in [-0.2, 0) is 0 Å². The van der Waals surface area contributed by atoms with Gasteiger partial charge in [0.25, 0.3) is 0 Å². The van der Waals surface area contributed by atoms with E-state index in [1.165, 1.54) is 0 Å². The Morgan fingerprint density at radius 2 is 2.56 bits per heavy atom. The maximum Gasteiger partial charge on any atom is 0.153 e. The minimum Gasteiger partial charge on any atom is -0.270 e. The van der Waals surface area contributed by atoms with E-state index in [4.69, 9.17) is 0 Å². The zero-order chi connectivity index (χ0) is 6.69. The third kappa shape index (κ3) is 1.52. The fourth-order valence-electron chi connectivity index (χ4n) is 1.16. The lowest BCUT2D eigenvalue weighted by Gasteiger charge is -2.14. The summed E-state index contributed by atoms with van der Waals surface area (Å²) in [5.41, 5.74) is 0. The largest absolute Gasteiger partial charge is 0.270 e. The van der Waals surface area contributed by atoms with Crippen LogP contribution in [0.2, 0.25) is 0 Å². The van der Waals surface area contributed by atoms with Gasteiger partial charge in [-0.25, -0.2) is 4.39 Å². The first-order chi connectivity index (χ1) is 4.34. The van der Waals surface area contributed by atoms with Crippen LogP contribution < -0.4 is 0 Å². The first kappa shape index (κ1) is 6.75. The van der Waals surface area contributed by atoms with Gasteiger partial charge in [-0.1, -0.05) is 6.08 Å². The van der Waals surface area contributed by atoms with Crippen molar-refractivity contribution < 1.29 is 4.39 Å². The molecule has 1 aliphatic rings. The molecule has 1 aliphatic heterocycles. The van der Waals surface area contributed by atoms with Crippen molar-refractivity contribution in [2.24, 2.45) is 0 Å². The van der Waals surface area contributed by atoms with Gasteiger partial charge in [-0.05, 0) is 12.8 Å². The van der Waals surface area contributed by atoms with Crippen molar-refractivity contribution in [3.8, 4) is 0 Å². The molecule has 0 aliphatic carbocycles. The Labute approximate surface area is 55.2 Å². The number of hydrogen-bond donors (Lipinski definition) is 0. The summed E-state index contributed by atoms with van der Waals surface area (Å²) in [7, 11) is 0. The first-order valence-electron chi connectivity index (χ1n) is 3.33. The molecule has 0 amide bonds. The predicted molar refractivity (Wildman–Crippen MR) is 35.9 cm³/mol. The van der Waals surface area contributed by atoms with Crippen molar-refractivity contribution in [1.29, 1.82) is 0 Å². The first-order valence-corrected chi connectivity index (χ1v) is 3.33. The Balaban J connectivity index is 2.30. The quantitative estimate of drug-likeness (QED) is 0.404. The van der Waals surface area contributed by atoms with Gasteiger partial charge in [-0.3, -0.25) is 4.90 Å². The number of nitrogens with zero attached hydrogens (tertiary/aromatic N) is 1. The number of likely N-dealkylation sites (tertiary alicyclic amines) is 1. The number of halogens is 1. The van der Waals surface area contributed by atoms with Crippen LogP contribution in [0.5, 0.6) is 0 Å². The molecule has 9 heavy (non-hydrogen) atoms. The molecule has 1 nitrogen and oxygen atoms in total. The molecule has 0 aromatic rings. The highest BCUT2D eigenvalue weighted by Crippen LogP contribution is 2.16. The Kier molecular flexibility index (Phi) is 2.22. The van der Waals surface area contributed by atoms with Crippen molar-refractivity contribution in [1.82, 2.24) is 4.90 Å². The lowest BCUT2D eigenvalue weighted by Crippen LogP contribution is -2.25. The summed E-state index contributed by atoms with van der Waals surface area (Å²) in [5, 5.41) is 0. The molecule has 0 spiro atoms. The second-order valence-electron chi connectivity index (χ2n) is 2.36. The molecule has 1 heterocycles. The molecule has 0 aromatic carbocycles. The Morgan fingerprint density at radius 3 is 3.00 bits per heavy atom. The van der Waals surface area contributed by atoms with Crippen LogP contribution in [0.4, 0.5) is 4.39 Å². The maximum atomic E-state index is 12.7. The summed E-state index contributed by atoms with van der Waals surface area (Å²) in [6.45, 7) is 5.14.